The second-order valence-electron chi connectivity index (χ2n) is 5.38. The Morgan fingerprint density at radius 2 is 1.90 bits per heavy atom. The molecule has 1 heterocycles. The van der Waals surface area contributed by atoms with Crippen LogP contribution in [0.5, 0.6) is 0 Å². The fourth-order valence-electron chi connectivity index (χ4n) is 2.43. The maximum absolute atomic E-state index is 12.2. The predicted octanol–water partition coefficient (Wildman–Crippen LogP) is 2.22. The predicted molar refractivity (Wildman–Crippen MR) is 81.4 cm³/mol. The summed E-state index contributed by atoms with van der Waals surface area (Å²) in [5.74, 6) is -1.17. The Kier molecular flexibility index (Phi) is 4.85. The Balaban J connectivity index is 2.04. The van der Waals surface area contributed by atoms with E-state index in [9.17, 15) is 9.59 Å². The van der Waals surface area contributed by atoms with Crippen LogP contribution in [0.3, 0.4) is 0 Å². The molecule has 6 heteroatoms. The Morgan fingerprint density at radius 1 is 1.29 bits per heavy atom. The van der Waals surface area contributed by atoms with Crippen molar-refractivity contribution in [3.63, 3.8) is 0 Å². The SMILES string of the molecule is Cc1cc(Cl)ccc1NC(=O)C(=O)N1CC(C)OC(C)C1. The van der Waals surface area contributed by atoms with Crippen LogP contribution >= 0.6 is 11.6 Å². The fourth-order valence-corrected chi connectivity index (χ4v) is 2.66. The number of halogens is 1. The number of carbonyl (C=O) groups is 2. The van der Waals surface area contributed by atoms with Crippen molar-refractivity contribution in [1.82, 2.24) is 4.90 Å². The highest BCUT2D eigenvalue weighted by atomic mass is 35.5. The molecule has 0 aliphatic carbocycles. The minimum absolute atomic E-state index is 0.0669. The van der Waals surface area contributed by atoms with Crippen molar-refractivity contribution in [3.05, 3.63) is 28.8 Å². The maximum Gasteiger partial charge on any atom is 0.313 e. The average molecular weight is 311 g/mol. The number of anilines is 1. The molecule has 1 aliphatic rings. The number of morpholine rings is 1. The molecule has 0 saturated carbocycles. The van der Waals surface area contributed by atoms with Gasteiger partial charge in [0.2, 0.25) is 0 Å². The highest BCUT2D eigenvalue weighted by Gasteiger charge is 2.29. The first-order valence-corrected chi connectivity index (χ1v) is 7.26. The normalized spacial score (nSPS) is 22.0. The number of carbonyl (C=O) groups excluding carboxylic acids is 2. The summed E-state index contributed by atoms with van der Waals surface area (Å²) in [6.45, 7) is 6.45. The highest BCUT2D eigenvalue weighted by molar-refractivity contribution is 6.39. The molecule has 1 aromatic rings. The standard InChI is InChI=1S/C15H19ClN2O3/c1-9-6-12(16)4-5-13(9)17-14(19)15(20)18-7-10(2)21-11(3)8-18/h4-6,10-11H,7-8H2,1-3H3,(H,17,19). The van der Waals surface area contributed by atoms with Crippen LogP contribution in [0, 0.1) is 6.92 Å². The van der Waals surface area contributed by atoms with E-state index in [1.54, 1.807) is 18.2 Å². The van der Waals surface area contributed by atoms with Crippen molar-refractivity contribution in [3.8, 4) is 0 Å². The van der Waals surface area contributed by atoms with Crippen LogP contribution in [0.25, 0.3) is 0 Å². The number of nitrogens with one attached hydrogen (secondary N) is 1. The van der Waals surface area contributed by atoms with Gasteiger partial charge in [-0.05, 0) is 44.5 Å². The number of aryl methyl sites for hydroxylation is 1. The van der Waals surface area contributed by atoms with E-state index in [0.29, 0.717) is 23.8 Å². The first-order valence-electron chi connectivity index (χ1n) is 6.88. The second-order valence-corrected chi connectivity index (χ2v) is 5.82. The van der Waals surface area contributed by atoms with E-state index < -0.39 is 11.8 Å². The summed E-state index contributed by atoms with van der Waals surface area (Å²) in [6, 6.07) is 5.10. The van der Waals surface area contributed by atoms with E-state index in [1.165, 1.54) is 4.90 Å². The van der Waals surface area contributed by atoms with Gasteiger partial charge in [-0.2, -0.15) is 0 Å². The van der Waals surface area contributed by atoms with Crippen LogP contribution < -0.4 is 5.32 Å². The summed E-state index contributed by atoms with van der Waals surface area (Å²) >= 11 is 5.87. The van der Waals surface area contributed by atoms with E-state index in [0.717, 1.165) is 5.56 Å². The van der Waals surface area contributed by atoms with Gasteiger partial charge in [-0.1, -0.05) is 11.6 Å². The number of rotatable bonds is 1. The van der Waals surface area contributed by atoms with Crippen molar-refractivity contribution in [1.29, 1.82) is 0 Å². The van der Waals surface area contributed by atoms with Gasteiger partial charge in [0.25, 0.3) is 0 Å². The Hall–Kier alpha value is -1.59. The minimum Gasteiger partial charge on any atom is -0.372 e. The Bertz CT molecular complexity index is 552. The van der Waals surface area contributed by atoms with Crippen LogP contribution in [-0.2, 0) is 14.3 Å². The molecular weight excluding hydrogens is 292 g/mol. The fraction of sp³-hybridized carbons (Fsp3) is 0.467. The zero-order valence-corrected chi connectivity index (χ0v) is 13.1. The van der Waals surface area contributed by atoms with Crippen LogP contribution in [0.15, 0.2) is 18.2 Å². The van der Waals surface area contributed by atoms with Gasteiger partial charge in [0.05, 0.1) is 12.2 Å². The van der Waals surface area contributed by atoms with E-state index in [2.05, 4.69) is 5.32 Å². The molecule has 2 rings (SSSR count). The lowest BCUT2D eigenvalue weighted by Gasteiger charge is -2.34. The molecule has 0 aromatic heterocycles. The number of hydrogen-bond donors (Lipinski definition) is 1. The van der Waals surface area contributed by atoms with Gasteiger partial charge in [0, 0.05) is 23.8 Å². The lowest BCUT2D eigenvalue weighted by molar-refractivity contribution is -0.151. The van der Waals surface area contributed by atoms with Crippen molar-refractivity contribution >= 4 is 29.1 Å². The minimum atomic E-state index is -0.637. The topological polar surface area (TPSA) is 58.6 Å². The monoisotopic (exact) mass is 310 g/mol. The molecular formula is C15H19ClN2O3. The zero-order chi connectivity index (χ0) is 15.6. The van der Waals surface area contributed by atoms with Crippen molar-refractivity contribution in [2.45, 2.75) is 33.0 Å². The molecule has 1 N–H and O–H groups in total. The van der Waals surface area contributed by atoms with Crippen LogP contribution in [-0.4, -0.2) is 42.0 Å². The molecule has 5 nitrogen and oxygen atoms in total. The molecule has 0 bridgehead atoms. The lowest BCUT2D eigenvalue weighted by atomic mass is 10.2. The third kappa shape index (κ3) is 3.95. The summed E-state index contributed by atoms with van der Waals surface area (Å²) in [5, 5.41) is 3.22. The first-order chi connectivity index (χ1) is 9.86. The van der Waals surface area contributed by atoms with E-state index in [4.69, 9.17) is 16.3 Å². The molecule has 1 fully saturated rings. The Morgan fingerprint density at radius 3 is 2.48 bits per heavy atom. The largest absolute Gasteiger partial charge is 0.372 e. The van der Waals surface area contributed by atoms with E-state index in [1.807, 2.05) is 20.8 Å². The number of nitrogens with zero attached hydrogens (tertiary/aromatic N) is 1. The quantitative estimate of drug-likeness (QED) is 0.809. The molecule has 2 unspecified atom stereocenters. The molecule has 0 radical (unpaired) electrons. The number of amides is 2. The molecule has 1 aromatic carbocycles. The summed E-state index contributed by atoms with van der Waals surface area (Å²) in [5.41, 5.74) is 1.40. The summed E-state index contributed by atoms with van der Waals surface area (Å²) < 4.78 is 5.56. The average Bonchev–Trinajstić information content (AvgIpc) is 2.40. The Labute approximate surface area is 129 Å². The summed E-state index contributed by atoms with van der Waals surface area (Å²) in [4.78, 5) is 25.8. The zero-order valence-electron chi connectivity index (χ0n) is 12.4. The third-order valence-corrected chi connectivity index (χ3v) is 3.57. The van der Waals surface area contributed by atoms with E-state index in [-0.39, 0.29) is 12.2 Å². The molecule has 2 atom stereocenters. The number of hydrogen-bond acceptors (Lipinski definition) is 3. The number of benzene rings is 1. The van der Waals surface area contributed by atoms with Gasteiger partial charge in [-0.25, -0.2) is 0 Å². The van der Waals surface area contributed by atoms with Crippen LogP contribution in [0.1, 0.15) is 19.4 Å². The molecule has 21 heavy (non-hydrogen) atoms. The van der Waals surface area contributed by atoms with Gasteiger partial charge in [-0.15, -0.1) is 0 Å². The highest BCUT2D eigenvalue weighted by Crippen LogP contribution is 2.20. The van der Waals surface area contributed by atoms with Crippen molar-refractivity contribution in [2.75, 3.05) is 18.4 Å². The molecule has 0 spiro atoms. The summed E-state index contributed by atoms with van der Waals surface area (Å²) in [7, 11) is 0. The van der Waals surface area contributed by atoms with Gasteiger partial charge < -0.3 is 15.0 Å². The first kappa shape index (κ1) is 15.8. The lowest BCUT2D eigenvalue weighted by Crippen LogP contribution is -2.51. The van der Waals surface area contributed by atoms with Gasteiger partial charge in [-0.3, -0.25) is 9.59 Å². The van der Waals surface area contributed by atoms with E-state index >= 15 is 0 Å². The van der Waals surface area contributed by atoms with Crippen LogP contribution in [0.4, 0.5) is 5.69 Å². The second kappa shape index (κ2) is 6.45. The summed E-state index contributed by atoms with van der Waals surface area (Å²) in [6.07, 6.45) is -0.134. The molecule has 2 amide bonds. The third-order valence-electron chi connectivity index (χ3n) is 3.34. The smallest absolute Gasteiger partial charge is 0.313 e. The molecule has 1 aliphatic heterocycles. The molecule has 1 saturated heterocycles. The molecule has 114 valence electrons. The van der Waals surface area contributed by atoms with Gasteiger partial charge >= 0.3 is 11.8 Å². The van der Waals surface area contributed by atoms with Crippen molar-refractivity contribution < 1.29 is 14.3 Å². The van der Waals surface area contributed by atoms with Crippen molar-refractivity contribution in [2.24, 2.45) is 0 Å². The maximum atomic E-state index is 12.2. The van der Waals surface area contributed by atoms with Crippen LogP contribution in [0.2, 0.25) is 5.02 Å². The number of ether oxygens (including phenoxy) is 1. The van der Waals surface area contributed by atoms with Gasteiger partial charge in [0.15, 0.2) is 0 Å². The van der Waals surface area contributed by atoms with Gasteiger partial charge in [0.1, 0.15) is 0 Å².